The second kappa shape index (κ2) is 24.5. The average Bonchev–Trinajstić information content (AvgIpc) is 2.82. The molecule has 6 nitrogen and oxygen atoms in total. The minimum atomic E-state index is -0.593. The Morgan fingerprint density at radius 1 is 0.353 bits per heavy atom. The van der Waals surface area contributed by atoms with Crippen LogP contribution in [0.5, 0.6) is 0 Å². The zero-order valence-corrected chi connectivity index (χ0v) is 22.1. The van der Waals surface area contributed by atoms with Gasteiger partial charge in [0.05, 0.1) is 30.5 Å². The largest absolute Gasteiger partial charge is 0.396 e. The molecule has 0 amide bonds. The van der Waals surface area contributed by atoms with E-state index in [1.807, 2.05) is 0 Å². The fraction of sp³-hybridized carbons (Fsp3) is 1.00. The van der Waals surface area contributed by atoms with Gasteiger partial charge < -0.3 is 30.6 Å². The fourth-order valence-corrected chi connectivity index (χ4v) is 4.45. The van der Waals surface area contributed by atoms with Crippen molar-refractivity contribution in [2.24, 2.45) is 0 Å². The molecule has 0 heterocycles. The highest BCUT2D eigenvalue weighted by molar-refractivity contribution is 4.68. The lowest BCUT2D eigenvalue weighted by Crippen LogP contribution is -2.19. The van der Waals surface area contributed by atoms with Crippen molar-refractivity contribution >= 4 is 0 Å². The average molecular weight is 491 g/mol. The van der Waals surface area contributed by atoms with Crippen molar-refractivity contribution in [3.8, 4) is 0 Å². The topological polar surface area (TPSA) is 121 Å². The maximum absolute atomic E-state index is 10.2. The highest BCUT2D eigenvalue weighted by atomic mass is 16.3. The van der Waals surface area contributed by atoms with Gasteiger partial charge in [-0.2, -0.15) is 0 Å². The van der Waals surface area contributed by atoms with E-state index in [1.165, 1.54) is 64.2 Å². The van der Waals surface area contributed by atoms with Crippen LogP contribution in [-0.4, -0.2) is 67.8 Å². The first kappa shape index (κ1) is 33.8. The van der Waals surface area contributed by atoms with Crippen molar-refractivity contribution < 1.29 is 30.6 Å². The van der Waals surface area contributed by atoms with Crippen LogP contribution in [0.4, 0.5) is 0 Å². The molecule has 0 aromatic rings. The molecule has 5 unspecified atom stereocenters. The minimum Gasteiger partial charge on any atom is -0.396 e. The molecular formula is C28H58O6. The summed E-state index contributed by atoms with van der Waals surface area (Å²) in [6.45, 7) is 2.19. The van der Waals surface area contributed by atoms with Crippen LogP contribution in [0, 0.1) is 0 Å². The molecule has 206 valence electrons. The van der Waals surface area contributed by atoms with E-state index in [-0.39, 0.29) is 12.7 Å². The lowest BCUT2D eigenvalue weighted by atomic mass is 9.98. The molecule has 0 fully saturated rings. The summed E-state index contributed by atoms with van der Waals surface area (Å²) in [7, 11) is 0. The normalized spacial score (nSPS) is 16.3. The third kappa shape index (κ3) is 23.5. The van der Waals surface area contributed by atoms with Crippen molar-refractivity contribution in [3.63, 3.8) is 0 Å². The van der Waals surface area contributed by atoms with Crippen LogP contribution in [0.3, 0.4) is 0 Å². The Morgan fingerprint density at radius 3 is 0.941 bits per heavy atom. The summed E-state index contributed by atoms with van der Waals surface area (Å²) < 4.78 is 0. The molecule has 6 heteroatoms. The molecule has 0 aromatic heterocycles. The first-order valence-corrected chi connectivity index (χ1v) is 14.4. The summed E-state index contributed by atoms with van der Waals surface area (Å²) in [4.78, 5) is 0. The Balaban J connectivity index is 3.57. The number of aliphatic hydroxyl groups is 6. The maximum Gasteiger partial charge on any atom is 0.0563 e. The van der Waals surface area contributed by atoms with Gasteiger partial charge in [0.25, 0.3) is 0 Å². The van der Waals surface area contributed by atoms with Crippen LogP contribution in [0.15, 0.2) is 0 Å². The molecular weight excluding hydrogens is 432 g/mol. The molecule has 0 radical (unpaired) electrons. The zero-order valence-electron chi connectivity index (χ0n) is 22.1. The fourth-order valence-electron chi connectivity index (χ4n) is 4.45. The predicted molar refractivity (Wildman–Crippen MR) is 140 cm³/mol. The Morgan fingerprint density at radius 2 is 0.618 bits per heavy atom. The molecule has 0 aliphatic carbocycles. The molecule has 0 aliphatic heterocycles. The standard InChI is InChI=1S/C28H58O6/c1-2-3-4-5-6-7-8-9-10-11-12-13-24(30)14-15-25(31)16-17-26(32)18-19-27(33)20-21-28(34)22-23-29/h24-34H,2-23H2,1H3. The summed E-state index contributed by atoms with van der Waals surface area (Å²) in [5.74, 6) is 0. The van der Waals surface area contributed by atoms with Crippen molar-refractivity contribution in [1.29, 1.82) is 0 Å². The quantitative estimate of drug-likeness (QED) is 0.0950. The highest BCUT2D eigenvalue weighted by Crippen LogP contribution is 2.17. The van der Waals surface area contributed by atoms with Crippen LogP contribution >= 0.6 is 0 Å². The first-order chi connectivity index (χ1) is 16.4. The molecule has 0 bridgehead atoms. The SMILES string of the molecule is CCCCCCCCCCCCCC(O)CCC(O)CCC(O)CCC(O)CCC(O)CCO. The Kier molecular flexibility index (Phi) is 24.3. The number of hydrogen-bond donors (Lipinski definition) is 6. The molecule has 0 spiro atoms. The lowest BCUT2D eigenvalue weighted by molar-refractivity contribution is 0.0654. The summed E-state index contributed by atoms with van der Waals surface area (Å²) in [6, 6.07) is 0. The van der Waals surface area contributed by atoms with E-state index in [9.17, 15) is 25.5 Å². The number of rotatable bonds is 26. The van der Waals surface area contributed by atoms with E-state index in [0.717, 1.165) is 12.8 Å². The molecule has 5 atom stereocenters. The number of unbranched alkanes of at least 4 members (excludes halogenated alkanes) is 10. The summed E-state index contributed by atoms with van der Waals surface area (Å²) in [6.07, 6.45) is 16.8. The Labute approximate surface area is 209 Å². The van der Waals surface area contributed by atoms with Crippen LogP contribution in [-0.2, 0) is 0 Å². The van der Waals surface area contributed by atoms with E-state index in [0.29, 0.717) is 57.8 Å². The van der Waals surface area contributed by atoms with Crippen molar-refractivity contribution in [2.45, 2.75) is 172 Å². The van der Waals surface area contributed by atoms with Crippen LogP contribution in [0.25, 0.3) is 0 Å². The Hall–Kier alpha value is -0.240. The van der Waals surface area contributed by atoms with Crippen LogP contribution < -0.4 is 0 Å². The number of hydrogen-bond acceptors (Lipinski definition) is 6. The monoisotopic (exact) mass is 490 g/mol. The van der Waals surface area contributed by atoms with E-state index in [1.54, 1.807) is 0 Å². The molecule has 0 rings (SSSR count). The molecule has 0 saturated carbocycles. The highest BCUT2D eigenvalue weighted by Gasteiger charge is 2.14. The van der Waals surface area contributed by atoms with Gasteiger partial charge in [-0.25, -0.2) is 0 Å². The van der Waals surface area contributed by atoms with Gasteiger partial charge in [-0.3, -0.25) is 0 Å². The smallest absolute Gasteiger partial charge is 0.0563 e. The van der Waals surface area contributed by atoms with E-state index >= 15 is 0 Å². The predicted octanol–water partition coefficient (Wildman–Crippen LogP) is 5.00. The van der Waals surface area contributed by atoms with Gasteiger partial charge in [0.15, 0.2) is 0 Å². The molecule has 0 aromatic carbocycles. The van der Waals surface area contributed by atoms with Gasteiger partial charge in [-0.15, -0.1) is 0 Å². The molecule has 0 saturated heterocycles. The van der Waals surface area contributed by atoms with Gasteiger partial charge >= 0.3 is 0 Å². The van der Waals surface area contributed by atoms with Crippen LogP contribution in [0.2, 0.25) is 0 Å². The van der Waals surface area contributed by atoms with Gasteiger partial charge in [0, 0.05) is 6.61 Å². The summed E-state index contributed by atoms with van der Waals surface area (Å²) in [5.41, 5.74) is 0. The third-order valence-corrected chi connectivity index (χ3v) is 6.94. The minimum absolute atomic E-state index is 0.0608. The van der Waals surface area contributed by atoms with Crippen molar-refractivity contribution in [1.82, 2.24) is 0 Å². The van der Waals surface area contributed by atoms with Crippen LogP contribution in [0.1, 0.15) is 142 Å². The lowest BCUT2D eigenvalue weighted by Gasteiger charge is -2.18. The zero-order chi connectivity index (χ0) is 25.4. The van der Waals surface area contributed by atoms with Crippen molar-refractivity contribution in [3.05, 3.63) is 0 Å². The second-order valence-corrected chi connectivity index (χ2v) is 10.4. The maximum atomic E-state index is 10.2. The van der Waals surface area contributed by atoms with Gasteiger partial charge in [-0.05, 0) is 64.2 Å². The second-order valence-electron chi connectivity index (χ2n) is 10.4. The van der Waals surface area contributed by atoms with Gasteiger partial charge in [0.1, 0.15) is 0 Å². The van der Waals surface area contributed by atoms with Gasteiger partial charge in [-0.1, -0.05) is 77.6 Å². The molecule has 0 aliphatic rings. The summed E-state index contributed by atoms with van der Waals surface area (Å²) in [5, 5.41) is 58.7. The first-order valence-electron chi connectivity index (χ1n) is 14.4. The van der Waals surface area contributed by atoms with Crippen molar-refractivity contribution in [2.75, 3.05) is 6.61 Å². The van der Waals surface area contributed by atoms with Gasteiger partial charge in [0.2, 0.25) is 0 Å². The van der Waals surface area contributed by atoms with E-state index < -0.39 is 24.4 Å². The number of aliphatic hydroxyl groups excluding tert-OH is 6. The molecule has 34 heavy (non-hydrogen) atoms. The summed E-state index contributed by atoms with van der Waals surface area (Å²) >= 11 is 0. The Bertz CT molecular complexity index is 408. The molecule has 6 N–H and O–H groups in total. The van der Waals surface area contributed by atoms with E-state index in [4.69, 9.17) is 5.11 Å². The third-order valence-electron chi connectivity index (χ3n) is 6.94. The van der Waals surface area contributed by atoms with E-state index in [2.05, 4.69) is 6.92 Å².